The van der Waals surface area contributed by atoms with E-state index < -0.39 is 6.04 Å². The normalized spacial score (nSPS) is 12.3. The van der Waals surface area contributed by atoms with E-state index in [1.165, 1.54) is 0 Å². The van der Waals surface area contributed by atoms with Crippen LogP contribution in [0.2, 0.25) is 0 Å². The van der Waals surface area contributed by atoms with Crippen molar-refractivity contribution in [2.24, 2.45) is 0 Å². The second kappa shape index (κ2) is 7.01. The fourth-order valence-corrected chi connectivity index (χ4v) is 1.66. The van der Waals surface area contributed by atoms with Gasteiger partial charge in [0, 0.05) is 6.04 Å². The number of benzene rings is 1. The molecule has 0 aromatic heterocycles. The maximum atomic E-state index is 11.9. The van der Waals surface area contributed by atoms with Crippen molar-refractivity contribution in [3.63, 3.8) is 0 Å². The standard InChI is InChI=1S/C14H21NO3/c1-5-18-14(16)13(15-10(2)3)11-6-8-12(17-4)9-7-11/h6-10,13,15H,5H2,1-4H3. The Hall–Kier alpha value is -1.55. The maximum Gasteiger partial charge on any atom is 0.327 e. The first-order valence-corrected chi connectivity index (χ1v) is 6.15. The monoisotopic (exact) mass is 251 g/mol. The summed E-state index contributed by atoms with van der Waals surface area (Å²) in [7, 11) is 1.62. The summed E-state index contributed by atoms with van der Waals surface area (Å²) >= 11 is 0. The molecule has 100 valence electrons. The van der Waals surface area contributed by atoms with Gasteiger partial charge in [-0.05, 0) is 38.5 Å². The molecule has 0 spiro atoms. The number of rotatable bonds is 6. The van der Waals surface area contributed by atoms with Gasteiger partial charge in [-0.2, -0.15) is 0 Å². The van der Waals surface area contributed by atoms with Gasteiger partial charge in [0.25, 0.3) is 0 Å². The van der Waals surface area contributed by atoms with Crippen LogP contribution in [0.3, 0.4) is 0 Å². The van der Waals surface area contributed by atoms with Crippen molar-refractivity contribution in [2.75, 3.05) is 13.7 Å². The number of hydrogen-bond donors (Lipinski definition) is 1. The molecule has 1 N–H and O–H groups in total. The molecule has 4 nitrogen and oxygen atoms in total. The van der Waals surface area contributed by atoms with Crippen LogP contribution in [-0.2, 0) is 9.53 Å². The molecular weight excluding hydrogens is 230 g/mol. The van der Waals surface area contributed by atoms with E-state index >= 15 is 0 Å². The van der Waals surface area contributed by atoms with Gasteiger partial charge in [-0.1, -0.05) is 12.1 Å². The first kappa shape index (κ1) is 14.5. The minimum atomic E-state index is -0.434. The summed E-state index contributed by atoms with van der Waals surface area (Å²) in [5.74, 6) is 0.516. The van der Waals surface area contributed by atoms with E-state index in [4.69, 9.17) is 9.47 Å². The number of nitrogens with one attached hydrogen (secondary N) is 1. The molecule has 4 heteroatoms. The molecule has 0 amide bonds. The van der Waals surface area contributed by atoms with Crippen molar-refractivity contribution in [3.05, 3.63) is 29.8 Å². The van der Waals surface area contributed by atoms with Gasteiger partial charge in [0.2, 0.25) is 0 Å². The van der Waals surface area contributed by atoms with Gasteiger partial charge >= 0.3 is 5.97 Å². The minimum Gasteiger partial charge on any atom is -0.497 e. The van der Waals surface area contributed by atoms with Crippen molar-refractivity contribution < 1.29 is 14.3 Å². The van der Waals surface area contributed by atoms with E-state index in [0.29, 0.717) is 6.61 Å². The highest BCUT2D eigenvalue weighted by molar-refractivity contribution is 5.77. The van der Waals surface area contributed by atoms with E-state index in [1.54, 1.807) is 14.0 Å². The van der Waals surface area contributed by atoms with Crippen LogP contribution in [0.4, 0.5) is 0 Å². The van der Waals surface area contributed by atoms with Crippen LogP contribution in [-0.4, -0.2) is 25.7 Å². The van der Waals surface area contributed by atoms with Crippen LogP contribution in [0.5, 0.6) is 5.75 Å². The van der Waals surface area contributed by atoms with Gasteiger partial charge in [0.05, 0.1) is 13.7 Å². The van der Waals surface area contributed by atoms with Gasteiger partial charge in [-0.3, -0.25) is 5.32 Å². The van der Waals surface area contributed by atoms with E-state index in [1.807, 2.05) is 38.1 Å². The molecule has 0 heterocycles. The largest absolute Gasteiger partial charge is 0.497 e. The van der Waals surface area contributed by atoms with Gasteiger partial charge in [0.1, 0.15) is 11.8 Å². The van der Waals surface area contributed by atoms with Crippen LogP contribution in [0.15, 0.2) is 24.3 Å². The van der Waals surface area contributed by atoms with Crippen molar-refractivity contribution in [1.82, 2.24) is 5.32 Å². The van der Waals surface area contributed by atoms with Crippen LogP contribution >= 0.6 is 0 Å². The molecule has 0 aliphatic rings. The first-order valence-electron chi connectivity index (χ1n) is 6.15. The lowest BCUT2D eigenvalue weighted by Crippen LogP contribution is -2.34. The number of carbonyl (C=O) groups excluding carboxylic acids is 1. The Balaban J connectivity index is 2.89. The molecule has 1 aromatic carbocycles. The molecule has 1 rings (SSSR count). The fraction of sp³-hybridized carbons (Fsp3) is 0.500. The Morgan fingerprint density at radius 2 is 1.89 bits per heavy atom. The molecule has 0 bridgehead atoms. The van der Waals surface area contributed by atoms with Crippen molar-refractivity contribution in [1.29, 1.82) is 0 Å². The molecule has 1 atom stereocenters. The summed E-state index contributed by atoms with van der Waals surface area (Å²) in [6, 6.07) is 7.18. The zero-order chi connectivity index (χ0) is 13.5. The highest BCUT2D eigenvalue weighted by atomic mass is 16.5. The molecule has 0 saturated carbocycles. The van der Waals surface area contributed by atoms with Crippen molar-refractivity contribution >= 4 is 5.97 Å². The third kappa shape index (κ3) is 4.04. The smallest absolute Gasteiger partial charge is 0.327 e. The average Bonchev–Trinajstić information content (AvgIpc) is 2.36. The third-order valence-corrected chi connectivity index (χ3v) is 2.47. The summed E-state index contributed by atoms with van der Waals surface area (Å²) in [5.41, 5.74) is 0.878. The number of hydrogen-bond acceptors (Lipinski definition) is 4. The number of methoxy groups -OCH3 is 1. The quantitative estimate of drug-likeness (QED) is 0.788. The van der Waals surface area contributed by atoms with Crippen LogP contribution in [0.25, 0.3) is 0 Å². The molecule has 18 heavy (non-hydrogen) atoms. The van der Waals surface area contributed by atoms with Crippen LogP contribution in [0.1, 0.15) is 32.4 Å². The topological polar surface area (TPSA) is 47.6 Å². The number of esters is 1. The van der Waals surface area contributed by atoms with Crippen LogP contribution in [0, 0.1) is 0 Å². The highest BCUT2D eigenvalue weighted by Crippen LogP contribution is 2.19. The average molecular weight is 251 g/mol. The predicted octanol–water partition coefficient (Wildman–Crippen LogP) is 2.30. The zero-order valence-electron chi connectivity index (χ0n) is 11.4. The predicted molar refractivity (Wildman–Crippen MR) is 70.6 cm³/mol. The lowest BCUT2D eigenvalue weighted by Gasteiger charge is -2.20. The van der Waals surface area contributed by atoms with Gasteiger partial charge < -0.3 is 9.47 Å². The molecule has 0 aliphatic heterocycles. The summed E-state index contributed by atoms with van der Waals surface area (Å²) in [6.45, 7) is 6.18. The second-order valence-corrected chi connectivity index (χ2v) is 4.28. The maximum absolute atomic E-state index is 11.9. The van der Waals surface area contributed by atoms with Crippen LogP contribution < -0.4 is 10.1 Å². The number of carbonyl (C=O) groups is 1. The van der Waals surface area contributed by atoms with Crippen molar-refractivity contribution in [2.45, 2.75) is 32.9 Å². The molecule has 1 unspecified atom stereocenters. The fourth-order valence-electron chi connectivity index (χ4n) is 1.66. The molecule has 1 aromatic rings. The molecular formula is C14H21NO3. The second-order valence-electron chi connectivity index (χ2n) is 4.28. The Labute approximate surface area is 108 Å². The lowest BCUT2D eigenvalue weighted by atomic mass is 10.1. The summed E-state index contributed by atoms with van der Waals surface area (Å²) < 4.78 is 10.2. The Kier molecular flexibility index (Phi) is 5.65. The zero-order valence-corrected chi connectivity index (χ0v) is 11.4. The highest BCUT2D eigenvalue weighted by Gasteiger charge is 2.22. The summed E-state index contributed by atoms with van der Waals surface area (Å²) in [4.78, 5) is 11.9. The van der Waals surface area contributed by atoms with Crippen molar-refractivity contribution in [3.8, 4) is 5.75 Å². The Bertz CT molecular complexity index is 373. The molecule has 0 saturated heterocycles. The molecule has 0 fully saturated rings. The number of ether oxygens (including phenoxy) is 2. The van der Waals surface area contributed by atoms with E-state index in [9.17, 15) is 4.79 Å². The third-order valence-electron chi connectivity index (χ3n) is 2.47. The van der Waals surface area contributed by atoms with Gasteiger partial charge in [-0.15, -0.1) is 0 Å². The Morgan fingerprint density at radius 1 is 1.28 bits per heavy atom. The summed E-state index contributed by atoms with van der Waals surface area (Å²) in [6.07, 6.45) is 0. The molecule has 0 radical (unpaired) electrons. The van der Waals surface area contributed by atoms with Gasteiger partial charge in [-0.25, -0.2) is 4.79 Å². The van der Waals surface area contributed by atoms with E-state index in [2.05, 4.69) is 5.32 Å². The minimum absolute atomic E-state index is 0.196. The Morgan fingerprint density at radius 3 is 2.33 bits per heavy atom. The van der Waals surface area contributed by atoms with E-state index in [0.717, 1.165) is 11.3 Å². The lowest BCUT2D eigenvalue weighted by molar-refractivity contribution is -0.146. The van der Waals surface area contributed by atoms with Gasteiger partial charge in [0.15, 0.2) is 0 Å². The van der Waals surface area contributed by atoms with E-state index in [-0.39, 0.29) is 12.0 Å². The SMILES string of the molecule is CCOC(=O)C(NC(C)C)c1ccc(OC)cc1. The summed E-state index contributed by atoms with van der Waals surface area (Å²) in [5, 5.41) is 3.20. The molecule has 0 aliphatic carbocycles. The first-order chi connectivity index (χ1) is 8.58.